The van der Waals surface area contributed by atoms with Crippen LogP contribution in [0.1, 0.15) is 16.8 Å². The number of carboxylic acid groups (broad SMARTS) is 1. The van der Waals surface area contributed by atoms with Crippen molar-refractivity contribution < 1.29 is 14.7 Å². The molecule has 2 rings (SSSR count). The summed E-state index contributed by atoms with van der Waals surface area (Å²) in [6.07, 6.45) is 0.466. The lowest BCUT2D eigenvalue weighted by Crippen LogP contribution is -2.44. The Morgan fingerprint density at radius 3 is 2.67 bits per heavy atom. The standard InChI is InChI=1S/C10H10N2O3/c11-6-1-2-7(10(14)15)8(5-6)12-4-3-9(12)13/h1-2,5H,3-4,11H2,(H,14,15). The number of hydrogen-bond donors (Lipinski definition) is 2. The van der Waals surface area contributed by atoms with Crippen molar-refractivity contribution in [2.75, 3.05) is 17.2 Å². The molecule has 1 amide bonds. The molecule has 78 valence electrons. The molecular weight excluding hydrogens is 196 g/mol. The summed E-state index contributed by atoms with van der Waals surface area (Å²) >= 11 is 0. The number of nitrogens with two attached hydrogens (primary N) is 1. The second-order valence-electron chi connectivity index (χ2n) is 3.38. The van der Waals surface area contributed by atoms with Gasteiger partial charge in [0.1, 0.15) is 0 Å². The molecule has 1 saturated heterocycles. The van der Waals surface area contributed by atoms with E-state index in [-0.39, 0.29) is 11.5 Å². The molecule has 1 fully saturated rings. The Morgan fingerprint density at radius 1 is 1.47 bits per heavy atom. The molecule has 1 aliphatic rings. The summed E-state index contributed by atoms with van der Waals surface area (Å²) in [7, 11) is 0. The first-order chi connectivity index (χ1) is 7.09. The van der Waals surface area contributed by atoms with E-state index in [4.69, 9.17) is 10.8 Å². The van der Waals surface area contributed by atoms with E-state index in [1.54, 1.807) is 0 Å². The number of nitrogens with zero attached hydrogens (tertiary/aromatic N) is 1. The van der Waals surface area contributed by atoms with Gasteiger partial charge in [-0.1, -0.05) is 0 Å². The first kappa shape index (κ1) is 9.51. The van der Waals surface area contributed by atoms with Crippen LogP contribution < -0.4 is 10.6 Å². The highest BCUT2D eigenvalue weighted by atomic mass is 16.4. The van der Waals surface area contributed by atoms with E-state index in [0.29, 0.717) is 24.3 Å². The number of carbonyl (C=O) groups excluding carboxylic acids is 1. The van der Waals surface area contributed by atoms with Crippen LogP contribution in [-0.4, -0.2) is 23.5 Å². The number of hydrogen-bond acceptors (Lipinski definition) is 3. The highest BCUT2D eigenvalue weighted by Crippen LogP contribution is 2.28. The van der Waals surface area contributed by atoms with Gasteiger partial charge in [0.15, 0.2) is 0 Å². The number of β-lactam (4-membered cyclic amide) rings is 1. The minimum absolute atomic E-state index is 0.0666. The van der Waals surface area contributed by atoms with E-state index in [1.807, 2.05) is 0 Å². The lowest BCUT2D eigenvalue weighted by molar-refractivity contribution is -0.122. The van der Waals surface area contributed by atoms with Gasteiger partial charge in [0, 0.05) is 18.7 Å². The molecule has 5 nitrogen and oxygen atoms in total. The third-order valence-corrected chi connectivity index (χ3v) is 2.39. The summed E-state index contributed by atoms with van der Waals surface area (Å²) in [5.41, 5.74) is 6.51. The minimum atomic E-state index is -1.05. The first-order valence-corrected chi connectivity index (χ1v) is 4.53. The molecule has 1 aromatic carbocycles. The summed E-state index contributed by atoms with van der Waals surface area (Å²) in [6.45, 7) is 0.558. The molecule has 5 heteroatoms. The number of anilines is 2. The van der Waals surface area contributed by atoms with E-state index in [9.17, 15) is 9.59 Å². The molecule has 0 bridgehead atoms. The molecule has 0 saturated carbocycles. The SMILES string of the molecule is Nc1ccc(C(=O)O)c(N2CCC2=O)c1. The topological polar surface area (TPSA) is 83.6 Å². The van der Waals surface area contributed by atoms with Crippen molar-refractivity contribution in [3.8, 4) is 0 Å². The quantitative estimate of drug-likeness (QED) is 0.551. The Labute approximate surface area is 86.1 Å². The maximum Gasteiger partial charge on any atom is 0.337 e. The van der Waals surface area contributed by atoms with Crippen LogP contribution in [-0.2, 0) is 4.79 Å². The molecule has 0 radical (unpaired) electrons. The molecule has 1 heterocycles. The molecule has 0 aliphatic carbocycles. The highest BCUT2D eigenvalue weighted by molar-refractivity contribution is 6.05. The highest BCUT2D eigenvalue weighted by Gasteiger charge is 2.28. The Bertz CT molecular complexity index is 442. The van der Waals surface area contributed by atoms with E-state index in [1.165, 1.54) is 23.1 Å². The van der Waals surface area contributed by atoms with Crippen molar-refractivity contribution in [3.05, 3.63) is 23.8 Å². The fourth-order valence-corrected chi connectivity index (χ4v) is 1.52. The second kappa shape index (κ2) is 3.27. The molecular formula is C10H10N2O3. The van der Waals surface area contributed by atoms with E-state index >= 15 is 0 Å². The Hall–Kier alpha value is -2.04. The zero-order valence-corrected chi connectivity index (χ0v) is 7.93. The summed E-state index contributed by atoms with van der Waals surface area (Å²) in [4.78, 5) is 23.5. The summed E-state index contributed by atoms with van der Waals surface area (Å²) in [5, 5.41) is 8.93. The molecule has 1 aliphatic heterocycles. The van der Waals surface area contributed by atoms with Gasteiger partial charge in [0.2, 0.25) is 5.91 Å². The van der Waals surface area contributed by atoms with Gasteiger partial charge in [-0.2, -0.15) is 0 Å². The average molecular weight is 206 g/mol. The summed E-state index contributed by atoms with van der Waals surface area (Å²) < 4.78 is 0. The van der Waals surface area contributed by atoms with Crippen molar-refractivity contribution in [2.45, 2.75) is 6.42 Å². The predicted octanol–water partition coefficient (Wildman–Crippen LogP) is 0.704. The number of amides is 1. The number of carbonyl (C=O) groups is 2. The number of carboxylic acids is 1. The van der Waals surface area contributed by atoms with Crippen LogP contribution in [0.5, 0.6) is 0 Å². The van der Waals surface area contributed by atoms with E-state index in [2.05, 4.69) is 0 Å². The first-order valence-electron chi connectivity index (χ1n) is 4.53. The van der Waals surface area contributed by atoms with Crippen LogP contribution in [0, 0.1) is 0 Å². The number of benzene rings is 1. The third-order valence-electron chi connectivity index (χ3n) is 2.39. The van der Waals surface area contributed by atoms with Crippen LogP contribution in [0.3, 0.4) is 0 Å². The largest absolute Gasteiger partial charge is 0.478 e. The normalized spacial score (nSPS) is 14.9. The molecule has 0 atom stereocenters. The van der Waals surface area contributed by atoms with Gasteiger partial charge in [-0.15, -0.1) is 0 Å². The van der Waals surface area contributed by atoms with Gasteiger partial charge in [-0.3, -0.25) is 4.79 Å². The van der Waals surface area contributed by atoms with E-state index in [0.717, 1.165) is 0 Å². The molecule has 15 heavy (non-hydrogen) atoms. The molecule has 0 spiro atoms. The average Bonchev–Trinajstić information content (AvgIpc) is 2.15. The Kier molecular flexibility index (Phi) is 2.07. The summed E-state index contributed by atoms with van der Waals surface area (Å²) in [6, 6.07) is 4.44. The van der Waals surface area contributed by atoms with Crippen molar-refractivity contribution >= 4 is 23.3 Å². The third kappa shape index (κ3) is 1.52. The van der Waals surface area contributed by atoms with Crippen molar-refractivity contribution in [3.63, 3.8) is 0 Å². The smallest absolute Gasteiger partial charge is 0.337 e. The summed E-state index contributed by atoms with van der Waals surface area (Å²) in [5.74, 6) is -1.12. The fourth-order valence-electron chi connectivity index (χ4n) is 1.52. The predicted molar refractivity (Wildman–Crippen MR) is 54.8 cm³/mol. The van der Waals surface area contributed by atoms with Crippen molar-refractivity contribution in [2.24, 2.45) is 0 Å². The van der Waals surface area contributed by atoms with Gasteiger partial charge in [0.05, 0.1) is 11.3 Å². The Balaban J connectivity index is 2.47. The van der Waals surface area contributed by atoms with Crippen LogP contribution in [0.25, 0.3) is 0 Å². The fraction of sp³-hybridized carbons (Fsp3) is 0.200. The maximum absolute atomic E-state index is 11.2. The molecule has 0 aromatic heterocycles. The second-order valence-corrected chi connectivity index (χ2v) is 3.38. The Morgan fingerprint density at radius 2 is 2.20 bits per heavy atom. The monoisotopic (exact) mass is 206 g/mol. The van der Waals surface area contributed by atoms with Gasteiger partial charge in [0.25, 0.3) is 0 Å². The van der Waals surface area contributed by atoms with Gasteiger partial charge < -0.3 is 15.7 Å². The van der Waals surface area contributed by atoms with Crippen molar-refractivity contribution in [1.82, 2.24) is 0 Å². The molecule has 0 unspecified atom stereocenters. The minimum Gasteiger partial charge on any atom is -0.478 e. The zero-order valence-electron chi connectivity index (χ0n) is 7.93. The number of nitrogen functional groups attached to an aromatic ring is 1. The van der Waals surface area contributed by atoms with Crippen LogP contribution >= 0.6 is 0 Å². The lowest BCUT2D eigenvalue weighted by Gasteiger charge is -2.31. The lowest BCUT2D eigenvalue weighted by atomic mass is 10.1. The van der Waals surface area contributed by atoms with Gasteiger partial charge in [-0.05, 0) is 18.2 Å². The molecule has 3 N–H and O–H groups in total. The van der Waals surface area contributed by atoms with E-state index < -0.39 is 5.97 Å². The van der Waals surface area contributed by atoms with Crippen molar-refractivity contribution in [1.29, 1.82) is 0 Å². The zero-order chi connectivity index (χ0) is 11.0. The maximum atomic E-state index is 11.2. The van der Waals surface area contributed by atoms with Gasteiger partial charge >= 0.3 is 5.97 Å². The number of aromatic carboxylic acids is 1. The van der Waals surface area contributed by atoms with Crippen LogP contribution in [0.15, 0.2) is 18.2 Å². The van der Waals surface area contributed by atoms with Crippen LogP contribution in [0.4, 0.5) is 11.4 Å². The molecule has 1 aromatic rings. The van der Waals surface area contributed by atoms with Gasteiger partial charge in [-0.25, -0.2) is 4.79 Å². The van der Waals surface area contributed by atoms with Crippen LogP contribution in [0.2, 0.25) is 0 Å². The number of rotatable bonds is 2.